The Balaban J connectivity index is 0.000000143. The van der Waals surface area contributed by atoms with Crippen LogP contribution in [0.3, 0.4) is 0 Å². The average molecular weight is 1460 g/mol. The van der Waals surface area contributed by atoms with E-state index in [2.05, 4.69) is 261 Å². The van der Waals surface area contributed by atoms with E-state index in [1.165, 1.54) is 102 Å². The number of para-hydroxylation sites is 4. The zero-order valence-electron chi connectivity index (χ0n) is 67.3. The van der Waals surface area contributed by atoms with Gasteiger partial charge in [0.25, 0.3) is 23.3 Å². The van der Waals surface area contributed by atoms with Crippen molar-refractivity contribution < 1.29 is 58.5 Å². The second-order valence-corrected chi connectivity index (χ2v) is 31.0. The number of benzene rings is 6. The van der Waals surface area contributed by atoms with E-state index in [4.69, 9.17) is 0 Å². The summed E-state index contributed by atoms with van der Waals surface area (Å²) in [5.74, 6) is 2.78. The SMILES string of the molecule is Cc1c(-c2ccc(C(C)(C)C)c[n+]2C)c(F)cc(F)c1-c1n(C)cc[n+]1C.Cc1c(-c2ccc(C(C)(C)C)c[n+]2C)cc(C(F)(F)F)cc1-c1n(C)cc[n+]1C.Cc1c(-c2cccc[n+]2C)cccc1-c1n(C)c2ccccc2[n+]1C.Cc1cc(C)c(-c2n(C)c3ccccc3[n+]2C)c(C)c1-c1cccc[n+]1C. The minimum atomic E-state index is -4.43. The summed E-state index contributed by atoms with van der Waals surface area (Å²) in [6.07, 6.45) is 11.2. The number of rotatable bonds is 8. The lowest BCUT2D eigenvalue weighted by Gasteiger charge is -2.18. The molecule has 108 heavy (non-hydrogen) atoms. The Hall–Kier alpha value is -11.1. The number of aromatic nitrogens is 12. The van der Waals surface area contributed by atoms with Gasteiger partial charge in [0.1, 0.15) is 70.2 Å². The van der Waals surface area contributed by atoms with Crippen LogP contribution in [0.15, 0.2) is 201 Å². The molecule has 14 rings (SSSR count). The summed E-state index contributed by atoms with van der Waals surface area (Å²) >= 11 is 0. The van der Waals surface area contributed by atoms with Crippen LogP contribution in [0.25, 0.3) is 113 Å². The van der Waals surface area contributed by atoms with Gasteiger partial charge in [0.05, 0.1) is 95.3 Å². The van der Waals surface area contributed by atoms with E-state index in [9.17, 15) is 22.0 Å². The Morgan fingerprint density at radius 1 is 0.324 bits per heavy atom. The topological polar surface area (TPSA) is 50.8 Å². The standard InChI is InChI=1S/C24H27N3.C23H28F3N3.C22H27F2N3.C22H23N3/c1-16-15-17(2)23(18(3)22(16)21-13-9-10-14-25(21)4)24-26(5)19-11-7-8-12-20(19)27(24)6;1-15-18(20-9-8-16(14-29(20)7)22(2,3)4)12-17(23(24,25)26)13-19(15)21-27(5)10-11-28(21)6;1-14-19(18-9-8-15(13-27(18)7)22(2,3)4)16(23)12-17(24)20(14)21-25(5)10-11-26(21)6;1-16-17(19-12-7-8-15-23(19)2)10-9-11-18(16)22-24(3)20-13-5-6-14-21(20)25(22)4/h7-15H,1-6H3;8-14H,1-7H3;8-13H,1-7H3;5-15H,1-4H3/q4*+2. The van der Waals surface area contributed by atoms with Gasteiger partial charge in [0.2, 0.25) is 22.8 Å². The molecular formula is C91H105F5N12+8. The largest absolute Gasteiger partial charge is 0.416 e. The summed E-state index contributed by atoms with van der Waals surface area (Å²) in [5, 5.41) is 0. The molecule has 12 nitrogen and oxygen atoms in total. The summed E-state index contributed by atoms with van der Waals surface area (Å²) in [7, 11) is 24.0. The van der Waals surface area contributed by atoms with Crippen LogP contribution in [0.2, 0.25) is 0 Å². The molecule has 0 saturated heterocycles. The number of hydrogen-bond donors (Lipinski definition) is 0. The fraction of sp³-hybridized carbons (Fsp3) is 0.297. The highest BCUT2D eigenvalue weighted by molar-refractivity contribution is 5.83. The normalized spacial score (nSPS) is 11.8. The van der Waals surface area contributed by atoms with Gasteiger partial charge in [0.15, 0.2) is 46.9 Å². The first kappa shape index (κ1) is 78.0. The van der Waals surface area contributed by atoms with Crippen molar-refractivity contribution in [3.05, 3.63) is 263 Å². The van der Waals surface area contributed by atoms with Crippen LogP contribution in [-0.2, 0) is 102 Å². The second kappa shape index (κ2) is 30.3. The van der Waals surface area contributed by atoms with Gasteiger partial charge in [-0.1, -0.05) is 77.9 Å². The van der Waals surface area contributed by atoms with Crippen LogP contribution in [0.1, 0.15) is 91.6 Å². The molecule has 0 aliphatic carbocycles. The van der Waals surface area contributed by atoms with Gasteiger partial charge >= 0.3 is 6.18 Å². The minimum absolute atomic E-state index is 0.00533. The van der Waals surface area contributed by atoms with E-state index in [-0.39, 0.29) is 10.8 Å². The smallest absolute Gasteiger partial charge is 0.233 e. The van der Waals surface area contributed by atoms with Crippen molar-refractivity contribution in [1.29, 1.82) is 0 Å². The molecule has 0 aliphatic rings. The summed E-state index contributed by atoms with van der Waals surface area (Å²) in [6.45, 7) is 25.3. The molecule has 14 aromatic rings. The van der Waals surface area contributed by atoms with Gasteiger partial charge in [-0.05, 0) is 159 Å². The molecule has 0 N–H and O–H groups in total. The maximum Gasteiger partial charge on any atom is 0.416 e. The molecule has 8 heterocycles. The second-order valence-electron chi connectivity index (χ2n) is 31.0. The fourth-order valence-electron chi connectivity index (χ4n) is 15.6. The molecule has 556 valence electrons. The van der Waals surface area contributed by atoms with Crippen molar-refractivity contribution in [2.45, 2.75) is 100 Å². The van der Waals surface area contributed by atoms with E-state index in [0.29, 0.717) is 33.6 Å². The molecule has 0 unspecified atom stereocenters. The highest BCUT2D eigenvalue weighted by Crippen LogP contribution is 2.41. The van der Waals surface area contributed by atoms with Gasteiger partial charge in [-0.3, -0.25) is 0 Å². The van der Waals surface area contributed by atoms with Gasteiger partial charge in [0, 0.05) is 59.2 Å². The molecule has 17 heteroatoms. The predicted octanol–water partition coefficient (Wildman–Crippen LogP) is 16.1. The van der Waals surface area contributed by atoms with Crippen LogP contribution in [0, 0.1) is 53.2 Å². The number of halogens is 5. The van der Waals surface area contributed by atoms with Gasteiger partial charge in [-0.2, -0.15) is 13.2 Å². The van der Waals surface area contributed by atoms with E-state index in [1.807, 2.05) is 138 Å². The lowest BCUT2D eigenvalue weighted by Crippen LogP contribution is -2.34. The van der Waals surface area contributed by atoms with E-state index < -0.39 is 23.4 Å². The highest BCUT2D eigenvalue weighted by Gasteiger charge is 2.37. The van der Waals surface area contributed by atoms with Gasteiger partial charge < -0.3 is 0 Å². The number of alkyl halides is 3. The first-order chi connectivity index (χ1) is 50.8. The third kappa shape index (κ3) is 14.9. The Kier molecular flexibility index (Phi) is 21.9. The lowest BCUT2D eigenvalue weighted by atomic mass is 9.87. The van der Waals surface area contributed by atoms with Crippen molar-refractivity contribution in [3.8, 4) is 90.6 Å². The predicted molar refractivity (Wildman–Crippen MR) is 420 cm³/mol. The zero-order valence-corrected chi connectivity index (χ0v) is 67.3. The lowest BCUT2D eigenvalue weighted by molar-refractivity contribution is -0.661. The number of pyridine rings is 4. The Labute approximate surface area is 633 Å². The van der Waals surface area contributed by atoms with E-state index in [1.54, 1.807) is 6.92 Å². The first-order valence-corrected chi connectivity index (χ1v) is 36.6. The maximum atomic E-state index is 14.9. The molecule has 0 saturated carbocycles. The summed E-state index contributed by atoms with van der Waals surface area (Å²) in [4.78, 5) is 0. The van der Waals surface area contributed by atoms with Gasteiger partial charge in [-0.25, -0.2) is 63.6 Å². The van der Waals surface area contributed by atoms with Crippen LogP contribution in [-0.4, -0.2) is 18.3 Å². The molecule has 6 aromatic carbocycles. The molecule has 0 amide bonds. The monoisotopic (exact) mass is 1460 g/mol. The van der Waals surface area contributed by atoms with E-state index >= 15 is 0 Å². The van der Waals surface area contributed by atoms with E-state index in [0.717, 1.165) is 40.0 Å². The molecule has 0 aliphatic heterocycles. The first-order valence-electron chi connectivity index (χ1n) is 36.6. The van der Waals surface area contributed by atoms with Gasteiger partial charge in [-0.15, -0.1) is 0 Å². The quantitative estimate of drug-likeness (QED) is 0.108. The number of nitrogens with zero attached hydrogens (tertiary/aromatic N) is 12. The third-order valence-corrected chi connectivity index (χ3v) is 21.5. The molecule has 0 spiro atoms. The van der Waals surface area contributed by atoms with Crippen LogP contribution >= 0.6 is 0 Å². The third-order valence-electron chi connectivity index (χ3n) is 21.5. The van der Waals surface area contributed by atoms with Crippen molar-refractivity contribution in [1.82, 2.24) is 18.3 Å². The molecule has 0 bridgehead atoms. The Bertz CT molecular complexity index is 5670. The van der Waals surface area contributed by atoms with Crippen molar-refractivity contribution >= 4 is 22.1 Å². The summed E-state index contributed by atoms with van der Waals surface area (Å²) in [5.41, 5.74) is 24.4. The van der Waals surface area contributed by atoms with Crippen molar-refractivity contribution in [2.24, 2.45) is 84.6 Å². The molecule has 0 fully saturated rings. The minimum Gasteiger partial charge on any atom is -0.233 e. The number of imidazole rings is 4. The Morgan fingerprint density at radius 2 is 0.750 bits per heavy atom. The van der Waals surface area contributed by atoms with Crippen LogP contribution < -0.4 is 36.5 Å². The fourth-order valence-corrected chi connectivity index (χ4v) is 15.6. The number of fused-ring (bicyclic) bond motifs is 2. The average Bonchev–Trinajstić information content (AvgIpc) is 1.56. The molecule has 0 radical (unpaired) electrons. The highest BCUT2D eigenvalue weighted by atomic mass is 19.4. The van der Waals surface area contributed by atoms with Crippen LogP contribution in [0.4, 0.5) is 22.0 Å². The molecular weight excluding hydrogens is 1360 g/mol. The summed E-state index contributed by atoms with van der Waals surface area (Å²) in [6, 6.07) is 50.1. The Morgan fingerprint density at radius 3 is 1.25 bits per heavy atom. The zero-order chi connectivity index (χ0) is 78.7. The van der Waals surface area contributed by atoms with Crippen molar-refractivity contribution in [3.63, 3.8) is 0 Å². The van der Waals surface area contributed by atoms with Crippen molar-refractivity contribution in [2.75, 3.05) is 0 Å². The maximum absolute atomic E-state index is 14.9. The summed E-state index contributed by atoms with van der Waals surface area (Å²) < 4.78 is 95.6. The molecule has 0 atom stereocenters. The number of hydrogen-bond acceptors (Lipinski definition) is 0. The number of aryl methyl sites for hydroxylation is 14. The molecule has 8 aromatic heterocycles. The van der Waals surface area contributed by atoms with Crippen LogP contribution in [0.5, 0.6) is 0 Å².